The lowest BCUT2D eigenvalue weighted by Gasteiger charge is -2.28. The van der Waals surface area contributed by atoms with E-state index in [2.05, 4.69) is 0 Å². The van der Waals surface area contributed by atoms with Gasteiger partial charge in [-0.05, 0) is 25.8 Å². The average molecular weight is 271 g/mol. The van der Waals surface area contributed by atoms with Gasteiger partial charge in [0.25, 0.3) is 5.91 Å². The molecule has 0 spiro atoms. The van der Waals surface area contributed by atoms with E-state index in [-0.39, 0.29) is 23.7 Å². The first-order valence-corrected chi connectivity index (χ1v) is 7.97. The number of amides is 1. The van der Waals surface area contributed by atoms with Crippen LogP contribution >= 0.6 is 0 Å². The molecule has 1 aliphatic carbocycles. The van der Waals surface area contributed by atoms with Crippen LogP contribution in [0.1, 0.15) is 30.1 Å². The number of furan rings is 1. The van der Waals surface area contributed by atoms with Gasteiger partial charge in [0.15, 0.2) is 0 Å². The highest BCUT2D eigenvalue weighted by atomic mass is 32.2. The van der Waals surface area contributed by atoms with Gasteiger partial charge in [0, 0.05) is 18.3 Å². The maximum Gasteiger partial charge on any atom is 0.257 e. The Morgan fingerprint density at radius 3 is 2.67 bits per heavy atom. The average Bonchev–Trinajstić information content (AvgIpc) is 2.91. The summed E-state index contributed by atoms with van der Waals surface area (Å²) in [5, 5.41) is 0. The van der Waals surface area contributed by atoms with Gasteiger partial charge >= 0.3 is 0 Å². The molecule has 0 aromatic carbocycles. The summed E-state index contributed by atoms with van der Waals surface area (Å²) in [6, 6.07) is 1.46. The summed E-state index contributed by atoms with van der Waals surface area (Å²) in [6.45, 7) is 1.78. The normalized spacial score (nSPS) is 17.4. The predicted molar refractivity (Wildman–Crippen MR) is 67.1 cm³/mol. The van der Waals surface area contributed by atoms with E-state index in [0.717, 1.165) is 12.8 Å². The van der Waals surface area contributed by atoms with Gasteiger partial charge in [0.2, 0.25) is 0 Å². The second-order valence-electron chi connectivity index (χ2n) is 4.90. The minimum atomic E-state index is -3.09. The topological polar surface area (TPSA) is 67.6 Å². The Balaban J connectivity index is 2.16. The summed E-state index contributed by atoms with van der Waals surface area (Å²) in [4.78, 5) is 14.0. The SMILES string of the molecule is CC(CS(C)(=O)=O)N(C(=O)c1ccoc1)C1CC1. The second kappa shape index (κ2) is 4.76. The summed E-state index contributed by atoms with van der Waals surface area (Å²) in [5.41, 5.74) is 0.474. The van der Waals surface area contributed by atoms with Crippen LogP contribution in [0.25, 0.3) is 0 Å². The van der Waals surface area contributed by atoms with E-state index >= 15 is 0 Å². The van der Waals surface area contributed by atoms with Gasteiger partial charge < -0.3 is 9.32 Å². The number of sulfone groups is 1. The first-order chi connectivity index (χ1) is 8.38. The van der Waals surface area contributed by atoms with Gasteiger partial charge in [-0.25, -0.2) is 8.42 Å². The summed E-state index contributed by atoms with van der Waals surface area (Å²) in [5.74, 6) is -0.157. The largest absolute Gasteiger partial charge is 0.472 e. The fourth-order valence-electron chi connectivity index (χ4n) is 2.13. The lowest BCUT2D eigenvalue weighted by molar-refractivity contribution is 0.0692. The summed E-state index contributed by atoms with van der Waals surface area (Å²) in [6.07, 6.45) is 5.91. The van der Waals surface area contributed by atoms with E-state index in [9.17, 15) is 13.2 Å². The second-order valence-corrected chi connectivity index (χ2v) is 7.08. The molecule has 0 bridgehead atoms. The van der Waals surface area contributed by atoms with E-state index in [1.54, 1.807) is 17.9 Å². The number of hydrogen-bond donors (Lipinski definition) is 0. The molecule has 0 radical (unpaired) electrons. The molecule has 0 aliphatic heterocycles. The van der Waals surface area contributed by atoms with Crippen LogP contribution in [0, 0.1) is 0 Å². The highest BCUT2D eigenvalue weighted by molar-refractivity contribution is 7.90. The summed E-state index contributed by atoms with van der Waals surface area (Å²) < 4.78 is 27.6. The van der Waals surface area contributed by atoms with Gasteiger partial charge in [0.05, 0.1) is 17.6 Å². The van der Waals surface area contributed by atoms with Gasteiger partial charge in [0.1, 0.15) is 16.1 Å². The molecule has 1 fully saturated rings. The predicted octanol–water partition coefficient (Wildman–Crippen LogP) is 1.32. The molecular weight excluding hydrogens is 254 g/mol. The maximum atomic E-state index is 12.3. The van der Waals surface area contributed by atoms with Crippen molar-refractivity contribution in [3.8, 4) is 0 Å². The van der Waals surface area contributed by atoms with Crippen LogP contribution in [0.5, 0.6) is 0 Å². The van der Waals surface area contributed by atoms with Crippen molar-refractivity contribution in [3.63, 3.8) is 0 Å². The minimum absolute atomic E-state index is 0.00685. The van der Waals surface area contributed by atoms with E-state index in [4.69, 9.17) is 4.42 Å². The fraction of sp³-hybridized carbons (Fsp3) is 0.583. The number of carbonyl (C=O) groups is 1. The van der Waals surface area contributed by atoms with Crippen molar-refractivity contribution < 1.29 is 17.6 Å². The van der Waals surface area contributed by atoms with Crippen molar-refractivity contribution >= 4 is 15.7 Å². The molecule has 6 heteroatoms. The maximum absolute atomic E-state index is 12.3. The molecule has 1 aromatic heterocycles. The fourth-order valence-corrected chi connectivity index (χ4v) is 3.17. The van der Waals surface area contributed by atoms with Crippen LogP contribution < -0.4 is 0 Å². The molecule has 0 saturated heterocycles. The number of carbonyl (C=O) groups excluding carboxylic acids is 1. The zero-order chi connectivity index (χ0) is 13.3. The highest BCUT2D eigenvalue weighted by Gasteiger charge is 2.37. The van der Waals surface area contributed by atoms with Gasteiger partial charge in [-0.3, -0.25) is 4.79 Å². The van der Waals surface area contributed by atoms with Crippen LogP contribution in [-0.4, -0.2) is 43.3 Å². The zero-order valence-corrected chi connectivity index (χ0v) is 11.3. The Labute approximate surface area is 107 Å². The van der Waals surface area contributed by atoms with Crippen LogP contribution in [0.4, 0.5) is 0 Å². The lowest BCUT2D eigenvalue weighted by atomic mass is 10.2. The lowest BCUT2D eigenvalue weighted by Crippen LogP contribution is -2.43. The van der Waals surface area contributed by atoms with E-state index in [0.29, 0.717) is 5.56 Å². The molecule has 100 valence electrons. The van der Waals surface area contributed by atoms with E-state index in [1.807, 2.05) is 0 Å². The molecule has 1 amide bonds. The van der Waals surface area contributed by atoms with Crippen molar-refractivity contribution in [2.75, 3.05) is 12.0 Å². The van der Waals surface area contributed by atoms with Gasteiger partial charge in [-0.15, -0.1) is 0 Å². The summed E-state index contributed by atoms with van der Waals surface area (Å²) in [7, 11) is -3.09. The quantitative estimate of drug-likeness (QED) is 0.810. The molecular formula is C12H17NO4S. The monoisotopic (exact) mass is 271 g/mol. The number of nitrogens with zero attached hydrogens (tertiary/aromatic N) is 1. The molecule has 0 N–H and O–H groups in total. The number of rotatable bonds is 5. The van der Waals surface area contributed by atoms with E-state index < -0.39 is 9.84 Å². The molecule has 1 saturated carbocycles. The smallest absolute Gasteiger partial charge is 0.257 e. The number of hydrogen-bond acceptors (Lipinski definition) is 4. The van der Waals surface area contributed by atoms with Crippen LogP contribution in [0.3, 0.4) is 0 Å². The first-order valence-electron chi connectivity index (χ1n) is 5.91. The Kier molecular flexibility index (Phi) is 3.47. The third-order valence-electron chi connectivity index (χ3n) is 2.96. The van der Waals surface area contributed by atoms with Crippen molar-refractivity contribution in [2.24, 2.45) is 0 Å². The van der Waals surface area contributed by atoms with E-state index in [1.165, 1.54) is 18.8 Å². The third-order valence-corrected chi connectivity index (χ3v) is 4.05. The Morgan fingerprint density at radius 1 is 1.56 bits per heavy atom. The molecule has 18 heavy (non-hydrogen) atoms. The highest BCUT2D eigenvalue weighted by Crippen LogP contribution is 2.30. The molecule has 1 unspecified atom stereocenters. The molecule has 1 atom stereocenters. The van der Waals surface area contributed by atoms with Crippen molar-refractivity contribution in [1.29, 1.82) is 0 Å². The molecule has 5 nitrogen and oxygen atoms in total. The van der Waals surface area contributed by atoms with Gasteiger partial charge in [-0.2, -0.15) is 0 Å². The Bertz CT molecular complexity index is 516. The van der Waals surface area contributed by atoms with Crippen molar-refractivity contribution in [2.45, 2.75) is 31.8 Å². The zero-order valence-electron chi connectivity index (χ0n) is 10.5. The van der Waals surface area contributed by atoms with Crippen molar-refractivity contribution in [1.82, 2.24) is 4.90 Å². The summed E-state index contributed by atoms with van der Waals surface area (Å²) >= 11 is 0. The third kappa shape index (κ3) is 3.13. The minimum Gasteiger partial charge on any atom is -0.472 e. The Hall–Kier alpha value is -1.30. The van der Waals surface area contributed by atoms with Crippen molar-refractivity contribution in [3.05, 3.63) is 24.2 Å². The van der Waals surface area contributed by atoms with Crippen LogP contribution in [0.15, 0.2) is 23.0 Å². The molecule has 2 rings (SSSR count). The van der Waals surface area contributed by atoms with Crippen LogP contribution in [0.2, 0.25) is 0 Å². The molecule has 1 heterocycles. The Morgan fingerprint density at radius 2 is 2.22 bits per heavy atom. The standard InChI is InChI=1S/C12H17NO4S/c1-9(8-18(2,15)16)13(11-3-4-11)12(14)10-5-6-17-7-10/h5-7,9,11H,3-4,8H2,1-2H3. The van der Waals surface area contributed by atoms with Crippen LogP contribution in [-0.2, 0) is 9.84 Å². The van der Waals surface area contributed by atoms with Gasteiger partial charge in [-0.1, -0.05) is 0 Å². The first kappa shape index (κ1) is 13.1. The molecule has 1 aliphatic rings. The molecule has 1 aromatic rings.